The predicted molar refractivity (Wildman–Crippen MR) is 135 cm³/mol. The van der Waals surface area contributed by atoms with Crippen molar-refractivity contribution in [3.8, 4) is 0 Å². The second-order valence-electron chi connectivity index (χ2n) is 8.90. The van der Waals surface area contributed by atoms with E-state index in [4.69, 9.17) is 4.98 Å². The fraction of sp³-hybridized carbons (Fsp3) is 0.480. The zero-order chi connectivity index (χ0) is 22.8. The number of likely N-dealkylation sites (tertiary alicyclic amines) is 1. The second kappa shape index (κ2) is 9.99. The van der Waals surface area contributed by atoms with Gasteiger partial charge in [0.25, 0.3) is 5.56 Å². The standard InChI is InChI=1S/C25H30N4O2S2/c1-2-29-24(31)22-19-10-6-7-11-20(19)33-23(22)27-25(29)32-16-21(30)26-18-12-13-28(15-18)14-17-8-4-3-5-9-17/h3-5,8-9,18H,2,6-7,10-16H2,1H3,(H,26,30)/t18-/m0/s1. The maximum absolute atomic E-state index is 13.2. The third kappa shape index (κ3) is 4.88. The van der Waals surface area contributed by atoms with Crippen molar-refractivity contribution < 1.29 is 4.79 Å². The van der Waals surface area contributed by atoms with Crippen molar-refractivity contribution in [2.45, 2.75) is 63.3 Å². The van der Waals surface area contributed by atoms with Crippen molar-refractivity contribution in [2.75, 3.05) is 18.8 Å². The summed E-state index contributed by atoms with van der Waals surface area (Å²) in [5.41, 5.74) is 2.57. The molecule has 1 amide bonds. The van der Waals surface area contributed by atoms with Crippen molar-refractivity contribution in [1.82, 2.24) is 19.8 Å². The molecule has 0 spiro atoms. The number of thiophene rings is 1. The van der Waals surface area contributed by atoms with E-state index in [9.17, 15) is 9.59 Å². The first kappa shape index (κ1) is 22.6. The Kier molecular flexibility index (Phi) is 6.85. The molecule has 0 radical (unpaired) electrons. The predicted octanol–water partition coefficient (Wildman–Crippen LogP) is 3.84. The molecule has 1 fully saturated rings. The Hall–Kier alpha value is -2.16. The van der Waals surface area contributed by atoms with Gasteiger partial charge in [-0.25, -0.2) is 4.98 Å². The van der Waals surface area contributed by atoms with Gasteiger partial charge in [0.1, 0.15) is 4.83 Å². The summed E-state index contributed by atoms with van der Waals surface area (Å²) in [6.07, 6.45) is 5.33. The van der Waals surface area contributed by atoms with E-state index in [1.54, 1.807) is 15.9 Å². The summed E-state index contributed by atoms with van der Waals surface area (Å²) in [6.45, 7) is 5.31. The van der Waals surface area contributed by atoms with E-state index in [-0.39, 0.29) is 23.3 Å². The maximum atomic E-state index is 13.2. The van der Waals surface area contributed by atoms with Crippen LogP contribution in [0.15, 0.2) is 40.3 Å². The summed E-state index contributed by atoms with van der Waals surface area (Å²) in [6, 6.07) is 10.6. The van der Waals surface area contributed by atoms with E-state index >= 15 is 0 Å². The van der Waals surface area contributed by atoms with Gasteiger partial charge in [0.2, 0.25) is 5.91 Å². The molecule has 1 aliphatic carbocycles. The Balaban J connectivity index is 1.22. The van der Waals surface area contributed by atoms with E-state index < -0.39 is 0 Å². The molecule has 3 aromatic rings. The van der Waals surface area contributed by atoms with Crippen molar-refractivity contribution in [2.24, 2.45) is 0 Å². The first-order valence-corrected chi connectivity index (χ1v) is 13.7. The van der Waals surface area contributed by atoms with Crippen molar-refractivity contribution in [3.63, 3.8) is 0 Å². The lowest BCUT2D eigenvalue weighted by atomic mass is 9.97. The highest BCUT2D eigenvalue weighted by molar-refractivity contribution is 7.99. The molecule has 174 valence electrons. The van der Waals surface area contributed by atoms with E-state index in [0.717, 1.165) is 55.5 Å². The first-order chi connectivity index (χ1) is 16.1. The van der Waals surface area contributed by atoms with Crippen LogP contribution < -0.4 is 10.9 Å². The maximum Gasteiger partial charge on any atom is 0.263 e. The zero-order valence-electron chi connectivity index (χ0n) is 19.0. The van der Waals surface area contributed by atoms with Gasteiger partial charge in [-0.1, -0.05) is 42.1 Å². The SMILES string of the molecule is CCn1c(SCC(=O)N[C@H]2CCN(Cc3ccccc3)C2)nc2sc3c(c2c1=O)CCCC3. The van der Waals surface area contributed by atoms with Crippen LogP contribution in [0, 0.1) is 0 Å². The molecule has 1 N–H and O–H groups in total. The van der Waals surface area contributed by atoms with Crippen molar-refractivity contribution in [1.29, 1.82) is 0 Å². The number of aryl methyl sites for hydroxylation is 2. The van der Waals surface area contributed by atoms with E-state index in [2.05, 4.69) is 34.5 Å². The summed E-state index contributed by atoms with van der Waals surface area (Å²) in [4.78, 5) is 35.3. The van der Waals surface area contributed by atoms with Crippen LogP contribution in [-0.2, 0) is 30.7 Å². The Morgan fingerprint density at radius 2 is 2.06 bits per heavy atom. The van der Waals surface area contributed by atoms with E-state index in [1.807, 2.05) is 13.0 Å². The van der Waals surface area contributed by atoms with Crippen LogP contribution in [0.3, 0.4) is 0 Å². The van der Waals surface area contributed by atoms with Gasteiger partial charge in [-0.15, -0.1) is 11.3 Å². The molecule has 0 unspecified atom stereocenters. The number of hydrogen-bond donors (Lipinski definition) is 1. The van der Waals surface area contributed by atoms with Gasteiger partial charge in [-0.2, -0.15) is 0 Å². The molecule has 6 nitrogen and oxygen atoms in total. The first-order valence-electron chi connectivity index (χ1n) is 11.9. The number of thioether (sulfide) groups is 1. The normalized spacial score (nSPS) is 18.5. The number of aromatic nitrogens is 2. The summed E-state index contributed by atoms with van der Waals surface area (Å²) in [5.74, 6) is 0.284. The number of amides is 1. The van der Waals surface area contributed by atoms with E-state index in [1.165, 1.54) is 34.2 Å². The van der Waals surface area contributed by atoms with Gasteiger partial charge >= 0.3 is 0 Å². The molecule has 8 heteroatoms. The minimum absolute atomic E-state index is 0.00836. The third-order valence-corrected chi connectivity index (χ3v) is 8.74. The highest BCUT2D eigenvalue weighted by atomic mass is 32.2. The Labute approximate surface area is 202 Å². The smallest absolute Gasteiger partial charge is 0.263 e. The summed E-state index contributed by atoms with van der Waals surface area (Å²) in [5, 5.41) is 4.65. The molecular weight excluding hydrogens is 452 g/mol. The van der Waals surface area contributed by atoms with Gasteiger partial charge in [0, 0.05) is 37.1 Å². The molecule has 1 saturated heterocycles. The number of nitrogens with one attached hydrogen (secondary N) is 1. The van der Waals surface area contributed by atoms with Gasteiger partial charge in [0.05, 0.1) is 11.1 Å². The minimum atomic E-state index is 0.00836. The van der Waals surface area contributed by atoms with Crippen LogP contribution in [0.25, 0.3) is 10.2 Å². The molecule has 3 heterocycles. The zero-order valence-corrected chi connectivity index (χ0v) is 20.6. The van der Waals surface area contributed by atoms with Crippen molar-refractivity contribution in [3.05, 3.63) is 56.7 Å². The van der Waals surface area contributed by atoms with Crippen LogP contribution >= 0.6 is 23.1 Å². The van der Waals surface area contributed by atoms with Gasteiger partial charge in [0.15, 0.2) is 5.16 Å². The highest BCUT2D eigenvalue weighted by Crippen LogP contribution is 2.34. The minimum Gasteiger partial charge on any atom is -0.351 e. The average molecular weight is 483 g/mol. The molecule has 0 saturated carbocycles. The molecular formula is C25H30N4O2S2. The topological polar surface area (TPSA) is 67.2 Å². The molecule has 2 aromatic heterocycles. The molecule has 2 aliphatic rings. The highest BCUT2D eigenvalue weighted by Gasteiger charge is 2.25. The van der Waals surface area contributed by atoms with Crippen molar-refractivity contribution >= 4 is 39.2 Å². The number of hydrogen-bond acceptors (Lipinski definition) is 6. The number of rotatable bonds is 7. The third-order valence-electron chi connectivity index (χ3n) is 6.57. The van der Waals surface area contributed by atoms with Crippen LogP contribution in [0.4, 0.5) is 0 Å². The second-order valence-corrected chi connectivity index (χ2v) is 10.9. The average Bonchev–Trinajstić information content (AvgIpc) is 3.42. The largest absolute Gasteiger partial charge is 0.351 e. The monoisotopic (exact) mass is 482 g/mol. The van der Waals surface area contributed by atoms with Gasteiger partial charge < -0.3 is 5.32 Å². The van der Waals surface area contributed by atoms with Gasteiger partial charge in [-0.05, 0) is 50.2 Å². The fourth-order valence-corrected chi connectivity index (χ4v) is 7.12. The summed E-state index contributed by atoms with van der Waals surface area (Å²) >= 11 is 3.04. The fourth-order valence-electron chi connectivity index (χ4n) is 4.94. The molecule has 5 rings (SSSR count). The number of benzene rings is 1. The lowest BCUT2D eigenvalue weighted by Crippen LogP contribution is -2.38. The number of fused-ring (bicyclic) bond motifs is 3. The molecule has 1 aliphatic heterocycles. The van der Waals surface area contributed by atoms with E-state index in [0.29, 0.717) is 11.7 Å². The lowest BCUT2D eigenvalue weighted by Gasteiger charge is -2.17. The van der Waals surface area contributed by atoms with Crippen LogP contribution in [0.1, 0.15) is 42.2 Å². The Morgan fingerprint density at radius 1 is 1.24 bits per heavy atom. The van der Waals surface area contributed by atoms with Crippen LogP contribution in [-0.4, -0.2) is 45.2 Å². The summed E-state index contributed by atoms with van der Waals surface area (Å²) < 4.78 is 1.74. The van der Waals surface area contributed by atoms with Crippen LogP contribution in [0.2, 0.25) is 0 Å². The number of carbonyl (C=O) groups excluding carboxylic acids is 1. The van der Waals surface area contributed by atoms with Gasteiger partial charge in [-0.3, -0.25) is 19.1 Å². The number of nitrogens with zero attached hydrogens (tertiary/aromatic N) is 3. The Bertz CT molecular complexity index is 1200. The molecule has 33 heavy (non-hydrogen) atoms. The van der Waals surface area contributed by atoms with Crippen LogP contribution in [0.5, 0.6) is 0 Å². The Morgan fingerprint density at radius 3 is 2.88 bits per heavy atom. The molecule has 1 atom stereocenters. The number of carbonyl (C=O) groups is 1. The summed E-state index contributed by atoms with van der Waals surface area (Å²) in [7, 11) is 0. The quantitative estimate of drug-likeness (QED) is 0.409. The molecule has 0 bridgehead atoms. The molecule has 1 aromatic carbocycles. The lowest BCUT2D eigenvalue weighted by molar-refractivity contribution is -0.119.